The van der Waals surface area contributed by atoms with Crippen LogP contribution in [0.3, 0.4) is 0 Å². The molecule has 0 aliphatic carbocycles. The topological polar surface area (TPSA) is 83.0 Å². The molecule has 0 saturated heterocycles. The number of nitrogens with zero attached hydrogens (tertiary/aromatic N) is 3. The predicted molar refractivity (Wildman–Crippen MR) is 73.4 cm³/mol. The number of nitrogen functional groups attached to an aromatic ring is 1. The molecule has 0 radical (unpaired) electrons. The highest BCUT2D eigenvalue weighted by atomic mass is 79.9. The lowest BCUT2D eigenvalue weighted by atomic mass is 10.3. The van der Waals surface area contributed by atoms with Crippen LogP contribution in [0.1, 0.15) is 21.9 Å². The molecule has 0 unspecified atom stereocenters. The fourth-order valence-electron chi connectivity index (χ4n) is 1.62. The Balaban J connectivity index is 2.07. The summed E-state index contributed by atoms with van der Waals surface area (Å²) in [5, 5.41) is 4.07. The number of pyridine rings is 1. The monoisotopic (exact) mass is 324 g/mol. The molecule has 2 aromatic heterocycles. The van der Waals surface area contributed by atoms with Crippen molar-refractivity contribution >= 4 is 27.6 Å². The van der Waals surface area contributed by atoms with Gasteiger partial charge in [-0.15, -0.1) is 0 Å². The molecule has 0 aliphatic rings. The molecule has 100 valence electrons. The van der Waals surface area contributed by atoms with Gasteiger partial charge in [-0.25, -0.2) is 4.79 Å². The summed E-state index contributed by atoms with van der Waals surface area (Å²) in [5.41, 5.74) is 7.66. The Morgan fingerprint density at radius 2 is 2.26 bits per heavy atom. The van der Waals surface area contributed by atoms with E-state index in [1.807, 2.05) is 6.07 Å². The Bertz CT molecular complexity index is 607. The lowest BCUT2D eigenvalue weighted by Gasteiger charge is -2.05. The zero-order chi connectivity index (χ0) is 14.0. The van der Waals surface area contributed by atoms with Crippen LogP contribution < -0.4 is 5.73 Å². The van der Waals surface area contributed by atoms with E-state index in [1.165, 1.54) is 4.68 Å². The summed E-state index contributed by atoms with van der Waals surface area (Å²) in [5.74, 6) is -0.509. The van der Waals surface area contributed by atoms with E-state index in [1.54, 1.807) is 26.2 Å². The molecule has 2 N–H and O–H groups in total. The molecular formula is C12H13BrN4O2. The number of hydrogen-bond acceptors (Lipinski definition) is 5. The molecule has 19 heavy (non-hydrogen) atoms. The second-order valence-corrected chi connectivity index (χ2v) is 4.93. The predicted octanol–water partition coefficient (Wildman–Crippen LogP) is 1.83. The van der Waals surface area contributed by atoms with Gasteiger partial charge in [0.15, 0.2) is 5.69 Å². The molecule has 0 saturated carbocycles. The quantitative estimate of drug-likeness (QED) is 0.871. The maximum atomic E-state index is 11.9. The highest BCUT2D eigenvalue weighted by Gasteiger charge is 2.19. The Kier molecular flexibility index (Phi) is 3.84. The number of carbonyl (C=O) groups excluding carboxylic acids is 1. The number of ether oxygens (including phenoxy) is 1. The first-order chi connectivity index (χ1) is 8.99. The van der Waals surface area contributed by atoms with Crippen LogP contribution in [0, 0.1) is 6.92 Å². The van der Waals surface area contributed by atoms with Crippen molar-refractivity contribution in [2.75, 3.05) is 5.73 Å². The molecule has 2 rings (SSSR count). The minimum atomic E-state index is -0.509. The van der Waals surface area contributed by atoms with Crippen molar-refractivity contribution in [3.05, 3.63) is 39.9 Å². The Hall–Kier alpha value is -1.89. The molecule has 6 nitrogen and oxygen atoms in total. The summed E-state index contributed by atoms with van der Waals surface area (Å²) in [6.07, 6.45) is 1.64. The Labute approximate surface area is 118 Å². The second-order valence-electron chi connectivity index (χ2n) is 4.02. The molecule has 0 fully saturated rings. The van der Waals surface area contributed by atoms with E-state index in [2.05, 4.69) is 26.0 Å². The van der Waals surface area contributed by atoms with Crippen LogP contribution in [0.2, 0.25) is 0 Å². The standard InChI is InChI=1S/C12H13BrN4O2/c1-7-10(14)11(17(2)16-7)12(18)19-6-9-4-3-8(13)5-15-9/h3-5H,6,14H2,1-2H3. The van der Waals surface area contributed by atoms with Crippen molar-refractivity contribution < 1.29 is 9.53 Å². The summed E-state index contributed by atoms with van der Waals surface area (Å²) in [6, 6.07) is 3.61. The Morgan fingerprint density at radius 1 is 1.53 bits per heavy atom. The molecule has 2 aromatic rings. The van der Waals surface area contributed by atoms with Crippen LogP contribution in [0.15, 0.2) is 22.8 Å². The maximum absolute atomic E-state index is 11.9. The number of nitrogens with two attached hydrogens (primary N) is 1. The van der Waals surface area contributed by atoms with E-state index in [9.17, 15) is 4.79 Å². The zero-order valence-electron chi connectivity index (χ0n) is 10.6. The SMILES string of the molecule is Cc1nn(C)c(C(=O)OCc2ccc(Br)cn2)c1N. The van der Waals surface area contributed by atoms with Gasteiger partial charge in [0.1, 0.15) is 6.61 Å². The minimum absolute atomic E-state index is 0.0930. The van der Waals surface area contributed by atoms with Gasteiger partial charge in [-0.3, -0.25) is 9.67 Å². The van der Waals surface area contributed by atoms with Crippen molar-refractivity contribution in [3.63, 3.8) is 0 Å². The number of aryl methyl sites for hydroxylation is 2. The van der Waals surface area contributed by atoms with E-state index in [0.29, 0.717) is 17.1 Å². The minimum Gasteiger partial charge on any atom is -0.454 e. The largest absolute Gasteiger partial charge is 0.454 e. The first-order valence-electron chi connectivity index (χ1n) is 5.55. The van der Waals surface area contributed by atoms with Crippen molar-refractivity contribution in [1.82, 2.24) is 14.8 Å². The number of halogens is 1. The summed E-state index contributed by atoms with van der Waals surface area (Å²) in [7, 11) is 1.65. The average molecular weight is 325 g/mol. The van der Waals surface area contributed by atoms with Gasteiger partial charge >= 0.3 is 5.97 Å². The van der Waals surface area contributed by atoms with Crippen LogP contribution in [-0.2, 0) is 18.4 Å². The summed E-state index contributed by atoms with van der Waals surface area (Å²) < 4.78 is 7.46. The van der Waals surface area contributed by atoms with Crippen LogP contribution in [0.5, 0.6) is 0 Å². The first kappa shape index (κ1) is 13.5. The number of carbonyl (C=O) groups is 1. The highest BCUT2D eigenvalue weighted by Crippen LogP contribution is 2.17. The fourth-order valence-corrected chi connectivity index (χ4v) is 1.85. The second kappa shape index (κ2) is 5.40. The summed E-state index contributed by atoms with van der Waals surface area (Å²) >= 11 is 3.29. The third kappa shape index (κ3) is 2.93. The van der Waals surface area contributed by atoms with Crippen molar-refractivity contribution in [2.24, 2.45) is 7.05 Å². The van der Waals surface area contributed by atoms with Gasteiger partial charge in [-0.1, -0.05) is 0 Å². The average Bonchev–Trinajstić information content (AvgIpc) is 2.62. The summed E-state index contributed by atoms with van der Waals surface area (Å²) in [6.45, 7) is 1.83. The third-order valence-electron chi connectivity index (χ3n) is 2.60. The fraction of sp³-hybridized carbons (Fsp3) is 0.250. The smallest absolute Gasteiger partial charge is 0.359 e. The van der Waals surface area contributed by atoms with E-state index in [4.69, 9.17) is 10.5 Å². The summed E-state index contributed by atoms with van der Waals surface area (Å²) in [4.78, 5) is 16.1. The third-order valence-corrected chi connectivity index (χ3v) is 3.07. The molecule has 0 spiro atoms. The Morgan fingerprint density at radius 3 is 2.79 bits per heavy atom. The lowest BCUT2D eigenvalue weighted by molar-refractivity contribution is 0.0456. The molecule has 0 bridgehead atoms. The van der Waals surface area contributed by atoms with E-state index in [0.717, 1.165) is 4.47 Å². The van der Waals surface area contributed by atoms with Gasteiger partial charge in [0.2, 0.25) is 0 Å². The van der Waals surface area contributed by atoms with Crippen LogP contribution in [0.4, 0.5) is 5.69 Å². The van der Waals surface area contributed by atoms with Crippen molar-refractivity contribution in [2.45, 2.75) is 13.5 Å². The molecule has 0 atom stereocenters. The van der Waals surface area contributed by atoms with Gasteiger partial charge in [0, 0.05) is 17.7 Å². The van der Waals surface area contributed by atoms with Gasteiger partial charge in [-0.05, 0) is 35.0 Å². The van der Waals surface area contributed by atoms with Gasteiger partial charge in [0.25, 0.3) is 0 Å². The number of aromatic nitrogens is 3. The van der Waals surface area contributed by atoms with Crippen molar-refractivity contribution in [3.8, 4) is 0 Å². The number of anilines is 1. The molecule has 0 aromatic carbocycles. The molecular weight excluding hydrogens is 312 g/mol. The highest BCUT2D eigenvalue weighted by molar-refractivity contribution is 9.10. The van der Waals surface area contributed by atoms with Crippen molar-refractivity contribution in [1.29, 1.82) is 0 Å². The lowest BCUT2D eigenvalue weighted by Crippen LogP contribution is -2.13. The molecule has 2 heterocycles. The number of rotatable bonds is 3. The van der Waals surface area contributed by atoms with E-state index in [-0.39, 0.29) is 12.3 Å². The van der Waals surface area contributed by atoms with Crippen LogP contribution in [0.25, 0.3) is 0 Å². The molecule has 7 heteroatoms. The van der Waals surface area contributed by atoms with Crippen LogP contribution in [-0.4, -0.2) is 20.7 Å². The normalized spacial score (nSPS) is 10.5. The van der Waals surface area contributed by atoms with Crippen LogP contribution >= 0.6 is 15.9 Å². The first-order valence-corrected chi connectivity index (χ1v) is 6.35. The van der Waals surface area contributed by atoms with E-state index < -0.39 is 5.97 Å². The molecule has 0 aliphatic heterocycles. The number of hydrogen-bond donors (Lipinski definition) is 1. The van der Waals surface area contributed by atoms with E-state index >= 15 is 0 Å². The maximum Gasteiger partial charge on any atom is 0.359 e. The molecule has 0 amide bonds. The van der Waals surface area contributed by atoms with Gasteiger partial charge in [-0.2, -0.15) is 5.10 Å². The van der Waals surface area contributed by atoms with Gasteiger partial charge < -0.3 is 10.5 Å². The number of esters is 1. The zero-order valence-corrected chi connectivity index (χ0v) is 12.1. The van der Waals surface area contributed by atoms with Gasteiger partial charge in [0.05, 0.1) is 17.1 Å².